The van der Waals surface area contributed by atoms with E-state index >= 15 is 0 Å². The van der Waals surface area contributed by atoms with Crippen molar-refractivity contribution in [2.24, 2.45) is 0 Å². The fourth-order valence-electron chi connectivity index (χ4n) is 3.47. The van der Waals surface area contributed by atoms with E-state index in [0.29, 0.717) is 41.0 Å². The fourth-order valence-corrected chi connectivity index (χ4v) is 3.70. The zero-order chi connectivity index (χ0) is 22.9. The minimum Gasteiger partial charge on any atom is -0.444 e. The Kier molecular flexibility index (Phi) is 6.14. The maximum Gasteiger partial charge on any atom is 0.410 e. The molecule has 0 radical (unpaired) electrons. The lowest BCUT2D eigenvalue weighted by Gasteiger charge is -2.26. The summed E-state index contributed by atoms with van der Waals surface area (Å²) in [5.74, 6) is 0.754. The summed E-state index contributed by atoms with van der Waals surface area (Å²) in [4.78, 5) is 45.2. The number of nitrogens with one attached hydrogen (secondary N) is 1. The quantitative estimate of drug-likeness (QED) is 0.430. The van der Waals surface area contributed by atoms with Crippen LogP contribution >= 0.6 is 15.9 Å². The third kappa shape index (κ3) is 5.07. The lowest BCUT2D eigenvalue weighted by Crippen LogP contribution is -2.39. The first kappa shape index (κ1) is 22.2. The monoisotopic (exact) mass is 500 g/mol. The molecule has 32 heavy (non-hydrogen) atoms. The number of fused-ring (bicyclic) bond motifs is 1. The highest BCUT2D eigenvalue weighted by molar-refractivity contribution is 9.10. The Morgan fingerprint density at radius 3 is 2.59 bits per heavy atom. The maximum absolute atomic E-state index is 12.7. The highest BCUT2D eigenvalue weighted by Gasteiger charge is 2.25. The number of nitrogens with zero attached hydrogens (tertiary/aromatic N) is 5. The molecule has 0 aliphatic carbocycles. The van der Waals surface area contributed by atoms with Gasteiger partial charge in [-0.2, -0.15) is 0 Å². The van der Waals surface area contributed by atoms with E-state index in [2.05, 4.69) is 40.8 Å². The van der Waals surface area contributed by atoms with E-state index in [-0.39, 0.29) is 17.7 Å². The van der Waals surface area contributed by atoms with Crippen molar-refractivity contribution in [1.82, 2.24) is 24.8 Å². The normalized spacial score (nSPS) is 15.0. The molecule has 0 aromatic carbocycles. The Morgan fingerprint density at radius 2 is 1.88 bits per heavy atom. The minimum absolute atomic E-state index is 0.223. The van der Waals surface area contributed by atoms with Crippen LogP contribution in [-0.4, -0.2) is 68.5 Å². The van der Waals surface area contributed by atoms with Gasteiger partial charge in [0.15, 0.2) is 11.5 Å². The molecule has 0 unspecified atom stereocenters. The predicted octanol–water partition coefficient (Wildman–Crippen LogP) is 3.79. The third-order valence-corrected chi connectivity index (χ3v) is 5.47. The SMILES string of the molecule is CC(C)(C)OC(=O)N1CCCN(c2ccc3nc(C(=O)c4ccc(Br)nc4)[nH]c3n2)CC1. The van der Waals surface area contributed by atoms with Gasteiger partial charge >= 0.3 is 6.09 Å². The number of amides is 1. The number of aromatic amines is 1. The van der Waals surface area contributed by atoms with Crippen molar-refractivity contribution >= 4 is 44.8 Å². The minimum atomic E-state index is -0.516. The molecule has 0 atom stereocenters. The Morgan fingerprint density at radius 1 is 1.06 bits per heavy atom. The molecule has 3 aromatic rings. The first-order valence-corrected chi connectivity index (χ1v) is 11.2. The van der Waals surface area contributed by atoms with Crippen molar-refractivity contribution in [3.05, 3.63) is 46.5 Å². The number of rotatable bonds is 3. The lowest BCUT2D eigenvalue weighted by atomic mass is 10.2. The molecule has 0 bridgehead atoms. The predicted molar refractivity (Wildman–Crippen MR) is 124 cm³/mol. The molecule has 1 aliphatic rings. The van der Waals surface area contributed by atoms with Gasteiger partial charge in [0.25, 0.3) is 0 Å². The molecule has 0 spiro atoms. The number of halogens is 1. The largest absolute Gasteiger partial charge is 0.444 e. The summed E-state index contributed by atoms with van der Waals surface area (Å²) >= 11 is 3.27. The van der Waals surface area contributed by atoms with Crippen LogP contribution in [0.1, 0.15) is 43.4 Å². The average molecular weight is 501 g/mol. The first-order valence-electron chi connectivity index (χ1n) is 10.5. The second kappa shape index (κ2) is 8.85. The molecule has 9 nitrogen and oxygen atoms in total. The molecule has 1 amide bonds. The van der Waals surface area contributed by atoms with E-state index in [4.69, 9.17) is 4.74 Å². The van der Waals surface area contributed by atoms with E-state index < -0.39 is 5.60 Å². The Bertz CT molecular complexity index is 1140. The van der Waals surface area contributed by atoms with Gasteiger partial charge in [-0.1, -0.05) is 0 Å². The molecule has 168 valence electrons. The highest BCUT2D eigenvalue weighted by atomic mass is 79.9. The zero-order valence-corrected chi connectivity index (χ0v) is 19.8. The van der Waals surface area contributed by atoms with Crippen molar-refractivity contribution in [3.63, 3.8) is 0 Å². The lowest BCUT2D eigenvalue weighted by molar-refractivity contribution is 0.0263. The van der Waals surface area contributed by atoms with Crippen LogP contribution in [0, 0.1) is 0 Å². The zero-order valence-electron chi connectivity index (χ0n) is 18.3. The second-order valence-electron chi connectivity index (χ2n) is 8.63. The van der Waals surface area contributed by atoms with Gasteiger partial charge in [0, 0.05) is 37.9 Å². The summed E-state index contributed by atoms with van der Waals surface area (Å²) < 4.78 is 6.16. The number of ether oxygens (including phenoxy) is 1. The molecule has 4 heterocycles. The van der Waals surface area contributed by atoms with Crippen LogP contribution in [0.15, 0.2) is 35.1 Å². The summed E-state index contributed by atoms with van der Waals surface area (Å²) in [5, 5.41) is 0. The van der Waals surface area contributed by atoms with Gasteiger partial charge in [0.2, 0.25) is 5.78 Å². The number of aromatic nitrogens is 4. The molecular formula is C22H25BrN6O3. The van der Waals surface area contributed by atoms with Crippen molar-refractivity contribution in [2.45, 2.75) is 32.8 Å². The van der Waals surface area contributed by atoms with Crippen molar-refractivity contribution in [2.75, 3.05) is 31.1 Å². The van der Waals surface area contributed by atoms with E-state index in [1.54, 1.807) is 17.0 Å². The first-order chi connectivity index (χ1) is 15.2. The van der Waals surface area contributed by atoms with Crippen LogP contribution < -0.4 is 4.90 Å². The van der Waals surface area contributed by atoms with Gasteiger partial charge in [-0.25, -0.2) is 19.7 Å². The van der Waals surface area contributed by atoms with Crippen LogP contribution in [0.4, 0.5) is 10.6 Å². The van der Waals surface area contributed by atoms with E-state index in [1.165, 1.54) is 6.20 Å². The third-order valence-electron chi connectivity index (χ3n) is 5.00. The number of hydrogen-bond donors (Lipinski definition) is 1. The number of ketones is 1. The number of carbonyl (C=O) groups is 2. The van der Waals surface area contributed by atoms with Crippen molar-refractivity contribution in [1.29, 1.82) is 0 Å². The van der Waals surface area contributed by atoms with Gasteiger partial charge in [-0.05, 0) is 67.4 Å². The van der Waals surface area contributed by atoms with Gasteiger partial charge < -0.3 is 19.5 Å². The summed E-state index contributed by atoms with van der Waals surface area (Å²) in [6.07, 6.45) is 2.02. The topological polar surface area (TPSA) is 104 Å². The van der Waals surface area contributed by atoms with Crippen LogP contribution in [0.25, 0.3) is 11.2 Å². The maximum atomic E-state index is 12.7. The highest BCUT2D eigenvalue weighted by Crippen LogP contribution is 2.20. The van der Waals surface area contributed by atoms with Gasteiger partial charge in [-0.3, -0.25) is 4.79 Å². The molecule has 4 rings (SSSR count). The van der Waals surface area contributed by atoms with Gasteiger partial charge in [0.1, 0.15) is 21.5 Å². The van der Waals surface area contributed by atoms with Gasteiger partial charge in [-0.15, -0.1) is 0 Å². The standard InChI is InChI=1S/C22H25BrN6O3/c1-22(2,3)32-21(31)29-10-4-9-28(11-12-29)17-8-6-15-19(26-17)27-20(25-15)18(30)14-5-7-16(23)24-13-14/h5-8,13H,4,9-12H2,1-3H3,(H,25,26,27). The molecule has 1 saturated heterocycles. The fraction of sp³-hybridized carbons (Fsp3) is 0.409. The number of anilines is 1. The van der Waals surface area contributed by atoms with E-state index in [1.807, 2.05) is 32.9 Å². The van der Waals surface area contributed by atoms with Gasteiger partial charge in [0.05, 0.1) is 0 Å². The van der Waals surface area contributed by atoms with Crippen LogP contribution in [-0.2, 0) is 4.74 Å². The van der Waals surface area contributed by atoms with Crippen molar-refractivity contribution in [3.8, 4) is 0 Å². The summed E-state index contributed by atoms with van der Waals surface area (Å²) in [6, 6.07) is 7.15. The number of hydrogen-bond acceptors (Lipinski definition) is 7. The smallest absolute Gasteiger partial charge is 0.410 e. The van der Waals surface area contributed by atoms with Crippen LogP contribution in [0.2, 0.25) is 0 Å². The Hall–Kier alpha value is -3.01. The molecule has 1 N–H and O–H groups in total. The van der Waals surface area contributed by atoms with Crippen LogP contribution in [0.5, 0.6) is 0 Å². The van der Waals surface area contributed by atoms with E-state index in [0.717, 1.165) is 18.8 Å². The number of pyridine rings is 2. The molecule has 3 aromatic heterocycles. The molecule has 10 heteroatoms. The average Bonchev–Trinajstić information content (AvgIpc) is 3.00. The Balaban J connectivity index is 1.48. The van der Waals surface area contributed by atoms with Crippen molar-refractivity contribution < 1.29 is 14.3 Å². The number of imidazole rings is 1. The molecule has 1 fully saturated rings. The Labute approximate surface area is 194 Å². The second-order valence-corrected chi connectivity index (χ2v) is 9.44. The summed E-state index contributed by atoms with van der Waals surface area (Å²) in [6.45, 7) is 8.19. The molecule has 0 saturated carbocycles. The number of carbonyl (C=O) groups excluding carboxylic acids is 2. The molecule has 1 aliphatic heterocycles. The summed E-state index contributed by atoms with van der Waals surface area (Å²) in [5.41, 5.74) is 1.09. The summed E-state index contributed by atoms with van der Waals surface area (Å²) in [7, 11) is 0. The molecular weight excluding hydrogens is 476 g/mol. The number of H-pyrrole nitrogens is 1. The van der Waals surface area contributed by atoms with E-state index in [9.17, 15) is 9.59 Å². The van der Waals surface area contributed by atoms with Crippen LogP contribution in [0.3, 0.4) is 0 Å².